The molecule has 0 radical (unpaired) electrons. The molecule has 0 spiro atoms. The third-order valence-corrected chi connectivity index (χ3v) is 5.02. The van der Waals surface area contributed by atoms with Crippen molar-refractivity contribution in [3.05, 3.63) is 28.2 Å². The van der Waals surface area contributed by atoms with Gasteiger partial charge in [-0.05, 0) is 54.7 Å². The smallest absolute Gasteiger partial charge is 0.147 e. The van der Waals surface area contributed by atoms with Crippen molar-refractivity contribution in [1.29, 1.82) is 0 Å². The summed E-state index contributed by atoms with van der Waals surface area (Å²) in [5.74, 6) is -0.736. The minimum atomic E-state index is -0.397. The fraction of sp³-hybridized carbons (Fsp3) is 0.571. The van der Waals surface area contributed by atoms with Crippen LogP contribution in [0.4, 0.5) is 14.5 Å². The first-order valence-electron chi connectivity index (χ1n) is 6.70. The van der Waals surface area contributed by atoms with Crippen LogP contribution in [0.25, 0.3) is 0 Å². The Morgan fingerprint density at radius 2 is 1.79 bits per heavy atom. The van der Waals surface area contributed by atoms with E-state index < -0.39 is 5.82 Å². The summed E-state index contributed by atoms with van der Waals surface area (Å²) in [4.78, 5) is 2.10. The van der Waals surface area contributed by atoms with E-state index in [1.165, 1.54) is 12.1 Å². The third-order valence-electron chi connectivity index (χ3n) is 4.41. The van der Waals surface area contributed by atoms with Crippen molar-refractivity contribution < 1.29 is 8.78 Å². The van der Waals surface area contributed by atoms with Crippen molar-refractivity contribution in [3.8, 4) is 0 Å². The van der Waals surface area contributed by atoms with Gasteiger partial charge in [-0.1, -0.05) is 0 Å². The van der Waals surface area contributed by atoms with E-state index in [4.69, 9.17) is 0 Å². The largest absolute Gasteiger partial charge is 0.363 e. The van der Waals surface area contributed by atoms with E-state index in [1.807, 2.05) is 7.05 Å². The minimum Gasteiger partial charge on any atom is -0.363 e. The van der Waals surface area contributed by atoms with Gasteiger partial charge in [-0.2, -0.15) is 0 Å². The van der Waals surface area contributed by atoms with Crippen LogP contribution in [0.5, 0.6) is 0 Å². The van der Waals surface area contributed by atoms with Crippen LogP contribution in [0.1, 0.15) is 25.7 Å². The summed E-state index contributed by atoms with van der Waals surface area (Å²) in [6, 6.07) is 3.70. The lowest BCUT2D eigenvalue weighted by Gasteiger charge is -2.40. The van der Waals surface area contributed by atoms with Gasteiger partial charge in [-0.25, -0.2) is 8.78 Å². The lowest BCUT2D eigenvalue weighted by atomic mass is 9.96. The molecule has 3 rings (SSSR count). The summed E-state index contributed by atoms with van der Waals surface area (Å²) in [7, 11) is 1.97. The zero-order chi connectivity index (χ0) is 13.6. The SMILES string of the molecule is CNC1CC2CCC(C1)N2c1cc(F)c(Br)cc1F. The molecule has 0 aliphatic carbocycles. The summed E-state index contributed by atoms with van der Waals surface area (Å²) in [5, 5.41) is 3.31. The molecule has 2 aliphatic rings. The van der Waals surface area contributed by atoms with Gasteiger partial charge in [0.15, 0.2) is 0 Å². The number of rotatable bonds is 2. The molecule has 2 fully saturated rings. The number of fused-ring (bicyclic) bond motifs is 2. The van der Waals surface area contributed by atoms with Gasteiger partial charge < -0.3 is 10.2 Å². The standard InChI is InChI=1S/C14H17BrF2N2/c1-18-8-4-9-2-3-10(5-8)19(9)14-7-12(16)11(15)6-13(14)17/h6-10,18H,2-5H2,1H3. The van der Waals surface area contributed by atoms with Crippen molar-refractivity contribution in [2.24, 2.45) is 0 Å². The zero-order valence-electron chi connectivity index (χ0n) is 10.8. The number of anilines is 1. The van der Waals surface area contributed by atoms with Crippen LogP contribution in [-0.2, 0) is 0 Å². The van der Waals surface area contributed by atoms with Crippen LogP contribution < -0.4 is 10.2 Å². The van der Waals surface area contributed by atoms with Crippen LogP contribution in [-0.4, -0.2) is 25.2 Å². The van der Waals surface area contributed by atoms with E-state index in [1.54, 1.807) is 0 Å². The van der Waals surface area contributed by atoms with Gasteiger partial charge in [0, 0.05) is 24.2 Å². The lowest BCUT2D eigenvalue weighted by molar-refractivity contribution is 0.370. The summed E-state index contributed by atoms with van der Waals surface area (Å²) in [6.45, 7) is 0. The molecule has 5 heteroatoms. The molecular formula is C14H17BrF2N2. The Balaban J connectivity index is 1.93. The average molecular weight is 331 g/mol. The van der Waals surface area contributed by atoms with Crippen molar-refractivity contribution in [1.82, 2.24) is 5.32 Å². The van der Waals surface area contributed by atoms with Crippen LogP contribution in [0.15, 0.2) is 16.6 Å². The molecular weight excluding hydrogens is 314 g/mol. The molecule has 2 bridgehead atoms. The third kappa shape index (κ3) is 2.27. The number of nitrogens with zero attached hydrogens (tertiary/aromatic N) is 1. The molecule has 2 heterocycles. The average Bonchev–Trinajstić information content (AvgIpc) is 2.64. The molecule has 19 heavy (non-hydrogen) atoms. The first-order chi connectivity index (χ1) is 9.10. The number of hydrogen-bond acceptors (Lipinski definition) is 2. The molecule has 2 aliphatic heterocycles. The van der Waals surface area contributed by atoms with Gasteiger partial charge >= 0.3 is 0 Å². The number of hydrogen-bond donors (Lipinski definition) is 1. The van der Waals surface area contributed by atoms with Crippen LogP contribution in [0.3, 0.4) is 0 Å². The van der Waals surface area contributed by atoms with E-state index in [0.717, 1.165) is 25.7 Å². The molecule has 0 aromatic heterocycles. The maximum Gasteiger partial charge on any atom is 0.147 e. The number of piperidine rings is 1. The summed E-state index contributed by atoms with van der Waals surface area (Å²) < 4.78 is 28.0. The molecule has 1 aromatic carbocycles. The molecule has 0 amide bonds. The van der Waals surface area contributed by atoms with E-state index in [9.17, 15) is 8.78 Å². The monoisotopic (exact) mass is 330 g/mol. The maximum atomic E-state index is 14.1. The van der Waals surface area contributed by atoms with E-state index in [0.29, 0.717) is 23.8 Å². The minimum absolute atomic E-state index is 0.186. The highest BCUT2D eigenvalue weighted by atomic mass is 79.9. The van der Waals surface area contributed by atoms with Gasteiger partial charge in [0.1, 0.15) is 11.6 Å². The number of benzene rings is 1. The van der Waals surface area contributed by atoms with Gasteiger partial charge in [-0.3, -0.25) is 0 Å². The Morgan fingerprint density at radius 3 is 2.37 bits per heavy atom. The van der Waals surface area contributed by atoms with E-state index in [2.05, 4.69) is 26.1 Å². The molecule has 2 saturated heterocycles. The molecule has 2 atom stereocenters. The molecule has 104 valence electrons. The molecule has 2 nitrogen and oxygen atoms in total. The molecule has 2 unspecified atom stereocenters. The second-order valence-electron chi connectivity index (χ2n) is 5.47. The zero-order valence-corrected chi connectivity index (χ0v) is 12.4. The van der Waals surface area contributed by atoms with Gasteiger partial charge in [0.2, 0.25) is 0 Å². The van der Waals surface area contributed by atoms with Gasteiger partial charge in [0.25, 0.3) is 0 Å². The highest BCUT2D eigenvalue weighted by Crippen LogP contribution is 2.41. The van der Waals surface area contributed by atoms with Crippen LogP contribution >= 0.6 is 15.9 Å². The second kappa shape index (κ2) is 5.02. The summed E-state index contributed by atoms with van der Waals surface area (Å²) in [5.41, 5.74) is 0.419. The lowest BCUT2D eigenvalue weighted by Crippen LogP contribution is -2.48. The number of nitrogens with one attached hydrogen (secondary N) is 1. The topological polar surface area (TPSA) is 15.3 Å². The second-order valence-corrected chi connectivity index (χ2v) is 6.32. The fourth-order valence-electron chi connectivity index (χ4n) is 3.52. The Kier molecular flexibility index (Phi) is 3.52. The number of halogens is 3. The van der Waals surface area contributed by atoms with Gasteiger partial charge in [0.05, 0.1) is 10.2 Å². The van der Waals surface area contributed by atoms with Crippen molar-refractivity contribution in [2.75, 3.05) is 11.9 Å². The normalized spacial score (nSPS) is 29.9. The Hall–Kier alpha value is -0.680. The first-order valence-corrected chi connectivity index (χ1v) is 7.49. The molecule has 0 saturated carbocycles. The summed E-state index contributed by atoms with van der Waals surface area (Å²) in [6.07, 6.45) is 4.15. The molecule has 1 aromatic rings. The van der Waals surface area contributed by atoms with E-state index >= 15 is 0 Å². The predicted molar refractivity (Wildman–Crippen MR) is 75.4 cm³/mol. The quantitative estimate of drug-likeness (QED) is 0.835. The van der Waals surface area contributed by atoms with E-state index in [-0.39, 0.29) is 10.3 Å². The Labute approximate surface area is 120 Å². The fourth-order valence-corrected chi connectivity index (χ4v) is 3.83. The Morgan fingerprint density at radius 1 is 1.16 bits per heavy atom. The maximum absolute atomic E-state index is 14.1. The predicted octanol–water partition coefficient (Wildman–Crippen LogP) is 3.45. The molecule has 1 N–H and O–H groups in total. The van der Waals surface area contributed by atoms with Crippen LogP contribution in [0.2, 0.25) is 0 Å². The van der Waals surface area contributed by atoms with Crippen LogP contribution in [0, 0.1) is 11.6 Å². The van der Waals surface area contributed by atoms with Gasteiger partial charge in [-0.15, -0.1) is 0 Å². The van der Waals surface area contributed by atoms with Crippen molar-refractivity contribution in [2.45, 2.75) is 43.8 Å². The highest BCUT2D eigenvalue weighted by Gasteiger charge is 2.41. The first kappa shape index (κ1) is 13.3. The van der Waals surface area contributed by atoms with Crippen molar-refractivity contribution in [3.63, 3.8) is 0 Å². The van der Waals surface area contributed by atoms with Crippen molar-refractivity contribution >= 4 is 21.6 Å². The Bertz CT molecular complexity index is 481. The highest BCUT2D eigenvalue weighted by molar-refractivity contribution is 9.10. The summed E-state index contributed by atoms with van der Waals surface area (Å²) >= 11 is 3.03.